The molecule has 4 aliphatic heterocycles. The molecule has 0 atom stereocenters. The zero-order valence-electron chi connectivity index (χ0n) is 21.7. The Hall–Kier alpha value is -2.37. The van der Waals surface area contributed by atoms with E-state index in [4.69, 9.17) is 44.3 Å². The van der Waals surface area contributed by atoms with Crippen molar-refractivity contribution >= 4 is 64.1 Å². The third-order valence-corrected chi connectivity index (χ3v) is 7.06. The van der Waals surface area contributed by atoms with Gasteiger partial charge in [0.2, 0.25) is 11.8 Å². The topological polar surface area (TPSA) is 100 Å². The maximum absolute atomic E-state index is 11.8. The number of carbonyl (C=O) groups excluding carboxylic acids is 2. The molecule has 6 heterocycles. The summed E-state index contributed by atoms with van der Waals surface area (Å²) in [5.41, 5.74) is 0. The van der Waals surface area contributed by atoms with Crippen LogP contribution in [0.1, 0.15) is 25.7 Å². The Balaban J connectivity index is 0.000000154. The summed E-state index contributed by atoms with van der Waals surface area (Å²) in [6.07, 6.45) is 3.25. The van der Waals surface area contributed by atoms with Crippen LogP contribution in [0.5, 0.6) is 0 Å². The van der Waals surface area contributed by atoms with Crippen LogP contribution >= 0.6 is 34.8 Å². The number of rotatable bonds is 3. The monoisotopic (exact) mass is 598 g/mol. The number of hydrogen-bond donors (Lipinski definition) is 1. The molecular formula is C26H33Cl3N6O4. The summed E-state index contributed by atoms with van der Waals surface area (Å²) in [7, 11) is 0. The third-order valence-electron chi connectivity index (χ3n) is 6.43. The number of morpholine rings is 2. The van der Waals surface area contributed by atoms with E-state index in [1.54, 1.807) is 17.0 Å². The number of amides is 2. The van der Waals surface area contributed by atoms with Crippen LogP contribution in [-0.4, -0.2) is 87.5 Å². The van der Waals surface area contributed by atoms with Crippen LogP contribution in [0.4, 0.5) is 17.5 Å². The average Bonchev–Trinajstić information content (AvgIpc) is 3.60. The zero-order valence-corrected chi connectivity index (χ0v) is 24.0. The summed E-state index contributed by atoms with van der Waals surface area (Å²) in [5.74, 6) is 2.64. The van der Waals surface area contributed by atoms with Gasteiger partial charge in [-0.05, 0) is 37.1 Å². The predicted molar refractivity (Wildman–Crippen MR) is 153 cm³/mol. The lowest BCUT2D eigenvalue weighted by atomic mass is 10.3. The van der Waals surface area contributed by atoms with Crippen LogP contribution in [-0.2, 0) is 19.1 Å². The van der Waals surface area contributed by atoms with E-state index in [-0.39, 0.29) is 11.8 Å². The van der Waals surface area contributed by atoms with Crippen LogP contribution in [0.3, 0.4) is 0 Å². The van der Waals surface area contributed by atoms with Crippen molar-refractivity contribution in [2.24, 2.45) is 0 Å². The fourth-order valence-corrected chi connectivity index (χ4v) is 5.08. The first kappa shape index (κ1) is 29.6. The molecule has 4 fully saturated rings. The molecule has 4 aliphatic rings. The molecule has 0 unspecified atom stereocenters. The highest BCUT2D eigenvalue weighted by Gasteiger charge is 2.24. The first-order valence-electron chi connectivity index (χ1n) is 13.1. The lowest BCUT2D eigenvalue weighted by Crippen LogP contribution is -2.37. The van der Waals surface area contributed by atoms with Crippen molar-refractivity contribution in [3.8, 4) is 0 Å². The molecule has 1 N–H and O–H groups in total. The summed E-state index contributed by atoms with van der Waals surface area (Å²) in [6, 6.07) is 7.05. The second-order valence-electron chi connectivity index (χ2n) is 9.27. The van der Waals surface area contributed by atoms with Gasteiger partial charge in [0.15, 0.2) is 0 Å². The average molecular weight is 600 g/mol. The normalized spacial score (nSPS) is 19.2. The van der Waals surface area contributed by atoms with E-state index in [0.29, 0.717) is 40.7 Å². The molecule has 0 radical (unpaired) electrons. The van der Waals surface area contributed by atoms with Crippen LogP contribution in [0.2, 0.25) is 15.2 Å². The first-order chi connectivity index (χ1) is 18.9. The summed E-state index contributed by atoms with van der Waals surface area (Å²) < 4.78 is 10.6. The summed E-state index contributed by atoms with van der Waals surface area (Å²) in [6.45, 7) is 7.76. The molecule has 2 amide bonds. The molecule has 39 heavy (non-hydrogen) atoms. The second kappa shape index (κ2) is 14.9. The van der Waals surface area contributed by atoms with Gasteiger partial charge in [0.25, 0.3) is 0 Å². The van der Waals surface area contributed by atoms with Crippen LogP contribution < -0.4 is 20.0 Å². The van der Waals surface area contributed by atoms with Gasteiger partial charge in [0.05, 0.1) is 26.4 Å². The quantitative estimate of drug-likeness (QED) is 0.532. The molecule has 6 rings (SSSR count). The van der Waals surface area contributed by atoms with Crippen molar-refractivity contribution in [2.45, 2.75) is 25.7 Å². The number of pyridine rings is 2. The molecule has 2 aromatic heterocycles. The first-order valence-corrected chi connectivity index (χ1v) is 14.3. The molecule has 4 saturated heterocycles. The summed E-state index contributed by atoms with van der Waals surface area (Å²) in [4.78, 5) is 36.7. The molecule has 2 aromatic rings. The number of carbonyl (C=O) groups is 2. The van der Waals surface area contributed by atoms with Crippen molar-refractivity contribution in [1.29, 1.82) is 0 Å². The van der Waals surface area contributed by atoms with Crippen LogP contribution in [0, 0.1) is 0 Å². The highest BCUT2D eigenvalue weighted by Crippen LogP contribution is 2.27. The van der Waals surface area contributed by atoms with Gasteiger partial charge in [-0.2, -0.15) is 0 Å². The van der Waals surface area contributed by atoms with Crippen molar-refractivity contribution in [2.75, 3.05) is 80.4 Å². The number of ether oxygens (including phenoxy) is 2. The van der Waals surface area contributed by atoms with E-state index >= 15 is 0 Å². The molecule has 10 nitrogen and oxygen atoms in total. The minimum absolute atomic E-state index is 0.127. The molecule has 0 bridgehead atoms. The minimum atomic E-state index is 0.127. The van der Waals surface area contributed by atoms with Gasteiger partial charge in [-0.1, -0.05) is 34.8 Å². The Morgan fingerprint density at radius 3 is 1.72 bits per heavy atom. The molecule has 0 aromatic carbocycles. The number of hydrogen-bond acceptors (Lipinski definition) is 8. The SMILES string of the molecule is Clc1cc(Cl)nc(N2CCOCC2)c1.O=C1CCCN1.O=C1CCCN1c1cc(Cl)cc(N2CCOCC2)n1. The number of nitrogens with one attached hydrogen (secondary N) is 1. The second-order valence-corrected chi connectivity index (χ2v) is 10.5. The molecule has 0 aliphatic carbocycles. The van der Waals surface area contributed by atoms with Gasteiger partial charge in [-0.15, -0.1) is 0 Å². The number of halogens is 3. The van der Waals surface area contributed by atoms with E-state index in [1.807, 2.05) is 12.1 Å². The highest BCUT2D eigenvalue weighted by molar-refractivity contribution is 6.34. The molecule has 0 saturated carbocycles. The van der Waals surface area contributed by atoms with E-state index in [1.165, 1.54) is 0 Å². The fraction of sp³-hybridized carbons (Fsp3) is 0.538. The Kier molecular flexibility index (Phi) is 11.3. The van der Waals surface area contributed by atoms with Crippen molar-refractivity contribution in [3.63, 3.8) is 0 Å². The zero-order chi connectivity index (χ0) is 27.6. The van der Waals surface area contributed by atoms with Crippen molar-refractivity contribution < 1.29 is 19.1 Å². The Morgan fingerprint density at radius 1 is 0.692 bits per heavy atom. The molecule has 0 spiro atoms. The van der Waals surface area contributed by atoms with E-state index < -0.39 is 0 Å². The highest BCUT2D eigenvalue weighted by atomic mass is 35.5. The minimum Gasteiger partial charge on any atom is -0.378 e. The maximum Gasteiger partial charge on any atom is 0.228 e. The van der Waals surface area contributed by atoms with E-state index in [2.05, 4.69) is 25.1 Å². The number of anilines is 3. The Morgan fingerprint density at radius 2 is 1.26 bits per heavy atom. The van der Waals surface area contributed by atoms with Gasteiger partial charge in [-0.3, -0.25) is 14.5 Å². The van der Waals surface area contributed by atoms with Crippen LogP contribution in [0.15, 0.2) is 24.3 Å². The molecule has 212 valence electrons. The van der Waals surface area contributed by atoms with Gasteiger partial charge in [-0.25, -0.2) is 9.97 Å². The van der Waals surface area contributed by atoms with Crippen molar-refractivity contribution in [1.82, 2.24) is 15.3 Å². The predicted octanol–water partition coefficient (Wildman–Crippen LogP) is 3.82. The van der Waals surface area contributed by atoms with E-state index in [9.17, 15) is 9.59 Å². The van der Waals surface area contributed by atoms with Crippen LogP contribution in [0.25, 0.3) is 0 Å². The van der Waals surface area contributed by atoms with Gasteiger partial charge in [0, 0.05) is 62.2 Å². The Bertz CT molecular complexity index is 1100. The lowest BCUT2D eigenvalue weighted by molar-refractivity contribution is -0.119. The lowest BCUT2D eigenvalue weighted by Gasteiger charge is -2.28. The molecular weight excluding hydrogens is 567 g/mol. The maximum atomic E-state index is 11.8. The standard InChI is InChI=1S/C13H16ClN3O2.C9H10Cl2N2O.C4H7NO/c14-10-8-11(16-4-6-19-7-5-16)15-12(9-10)17-3-1-2-13(17)18;10-7-5-8(11)12-9(6-7)13-1-3-14-4-2-13;6-4-2-1-3-5-4/h8-9H,1-7H2;5-6H,1-4H2;1-3H2,(H,5,6). The number of aromatic nitrogens is 2. The van der Waals surface area contributed by atoms with Gasteiger partial charge in [0.1, 0.15) is 22.6 Å². The largest absolute Gasteiger partial charge is 0.378 e. The van der Waals surface area contributed by atoms with Crippen molar-refractivity contribution in [3.05, 3.63) is 39.5 Å². The summed E-state index contributed by atoms with van der Waals surface area (Å²) in [5, 5.41) is 4.34. The summed E-state index contributed by atoms with van der Waals surface area (Å²) >= 11 is 17.9. The smallest absolute Gasteiger partial charge is 0.228 e. The van der Waals surface area contributed by atoms with Gasteiger partial charge < -0.3 is 24.6 Å². The number of nitrogens with zero attached hydrogens (tertiary/aromatic N) is 5. The molecule has 13 heteroatoms. The van der Waals surface area contributed by atoms with Gasteiger partial charge >= 0.3 is 0 Å². The third kappa shape index (κ3) is 9.08. The fourth-order valence-electron chi connectivity index (χ4n) is 4.43. The Labute approximate surface area is 243 Å². The van der Waals surface area contributed by atoms with E-state index in [0.717, 1.165) is 83.4 Å².